The SMILES string of the molecule is c1ccc(-n2c3ccccc3c3c4c5ccccc5c(-c5ccc(-c6nc(-c7cccc8ccccc78)cc(-c7cccc8ccccc78)n6)cc5)cc4c4ccccc4c32)cc1.c1ccc(-n2c3ccccc3c3c4c5ccccc5c(-c5ccc(-c6nc(-c7cccc8ccccc78)nc(-c7cccc8ccccc78)n6)cc5)cc4c4ccccc4c32)cc1. The Morgan fingerprint density at radius 1 is 0.151 bits per heavy atom. The predicted molar refractivity (Wildman–Crippen MR) is 529 cm³/mol. The molecule has 0 fully saturated rings. The van der Waals surface area contributed by atoms with Gasteiger partial charge in [0.25, 0.3) is 0 Å². The third-order valence-corrected chi connectivity index (χ3v) is 25.8. The van der Waals surface area contributed by atoms with Crippen LogP contribution in [0.5, 0.6) is 0 Å². The summed E-state index contributed by atoms with van der Waals surface area (Å²) in [6, 6.07) is 159. The molecule has 0 spiro atoms. The lowest BCUT2D eigenvalue weighted by Gasteiger charge is -2.16. The molecule has 584 valence electrons. The average Bonchev–Trinajstić information content (AvgIpc) is 1.51. The summed E-state index contributed by atoms with van der Waals surface area (Å²) in [5.41, 5.74) is 19.7. The van der Waals surface area contributed by atoms with E-state index >= 15 is 0 Å². The summed E-state index contributed by atoms with van der Waals surface area (Å²) in [6.45, 7) is 0. The number of hydrogen-bond acceptors (Lipinski definition) is 5. The standard InChI is InChI=1S/C60H37N3.C59H36N4/c1-2-20-42(21-3-1)63-56-31-13-12-28-51(56)58-57-49-26-10-8-24-45(49)52(36-53(57)46-25-9-11-27-50(46)59(58)63)40-32-34-41(35-33-40)60-61-54(47-29-14-18-38-16-4-6-22-43(38)47)37-55(62-60)48-30-15-19-39-17-5-7-23-44(39)48;1-2-20-41(21-3-1)63-53-31-13-12-28-50(53)55-54-46-26-10-8-24-44(46)51(36-52(54)45-25-9-11-27-47(45)56(55)63)39-32-34-40(35-33-39)57-60-58(48-29-14-18-37-16-4-6-22-42(37)48)62-59(61-57)49-30-15-19-38-17-5-7-23-43(38)49/h1-37H;1-36H. The Morgan fingerprint density at radius 3 is 0.817 bits per heavy atom. The molecule has 26 rings (SSSR count). The molecule has 0 atom stereocenters. The highest BCUT2D eigenvalue weighted by Gasteiger charge is 2.26. The summed E-state index contributed by atoms with van der Waals surface area (Å²) in [5, 5.41) is 29.2. The number of rotatable bonds is 10. The summed E-state index contributed by atoms with van der Waals surface area (Å²) >= 11 is 0. The maximum absolute atomic E-state index is 5.32. The minimum atomic E-state index is 0.633. The molecule has 22 aromatic carbocycles. The van der Waals surface area contributed by atoms with Crippen molar-refractivity contribution in [2.45, 2.75) is 0 Å². The molecule has 7 nitrogen and oxygen atoms in total. The van der Waals surface area contributed by atoms with Crippen molar-refractivity contribution in [3.05, 3.63) is 443 Å². The maximum atomic E-state index is 5.32. The molecule has 0 saturated carbocycles. The van der Waals surface area contributed by atoms with Crippen LogP contribution < -0.4 is 0 Å². The highest BCUT2D eigenvalue weighted by Crippen LogP contribution is 2.51. The summed E-state index contributed by atoms with van der Waals surface area (Å²) in [7, 11) is 0. The molecule has 0 unspecified atom stereocenters. The van der Waals surface area contributed by atoms with Gasteiger partial charge in [-0.1, -0.05) is 388 Å². The number of benzene rings is 22. The van der Waals surface area contributed by atoms with Crippen LogP contribution in [0.25, 0.3) is 253 Å². The Kier molecular flexibility index (Phi) is 16.9. The fraction of sp³-hybridized carbons (Fsp3) is 0. The molecule has 7 heteroatoms. The number of nitrogens with zero attached hydrogens (tertiary/aromatic N) is 7. The quantitative estimate of drug-likeness (QED) is 0.128. The van der Waals surface area contributed by atoms with Gasteiger partial charge >= 0.3 is 0 Å². The summed E-state index contributed by atoms with van der Waals surface area (Å²) in [4.78, 5) is 26.3. The fourth-order valence-corrected chi connectivity index (χ4v) is 20.2. The van der Waals surface area contributed by atoms with Crippen molar-refractivity contribution in [2.24, 2.45) is 0 Å². The van der Waals surface area contributed by atoms with E-state index in [2.05, 4.69) is 452 Å². The summed E-state index contributed by atoms with van der Waals surface area (Å²) in [5.74, 6) is 2.63. The van der Waals surface area contributed by atoms with Gasteiger partial charge in [0.05, 0.1) is 33.5 Å². The van der Waals surface area contributed by atoms with E-state index in [0.29, 0.717) is 23.3 Å². The molecule has 0 aliphatic rings. The van der Waals surface area contributed by atoms with Crippen molar-refractivity contribution in [3.8, 4) is 102 Å². The molecule has 4 heterocycles. The van der Waals surface area contributed by atoms with Crippen LogP contribution in [0.1, 0.15) is 0 Å². The maximum Gasteiger partial charge on any atom is 0.164 e. The molecule has 0 radical (unpaired) electrons. The largest absolute Gasteiger partial charge is 0.309 e. The van der Waals surface area contributed by atoms with Gasteiger partial charge in [-0.15, -0.1) is 0 Å². The van der Waals surface area contributed by atoms with Crippen LogP contribution in [0.2, 0.25) is 0 Å². The minimum absolute atomic E-state index is 0.633. The molecule has 0 saturated heterocycles. The Morgan fingerprint density at radius 2 is 0.429 bits per heavy atom. The zero-order valence-electron chi connectivity index (χ0n) is 68.3. The molecular weight excluding hydrogens is 1530 g/mol. The van der Waals surface area contributed by atoms with Crippen molar-refractivity contribution in [2.75, 3.05) is 0 Å². The zero-order valence-corrected chi connectivity index (χ0v) is 68.3. The van der Waals surface area contributed by atoms with Crippen molar-refractivity contribution < 1.29 is 0 Å². The summed E-state index contributed by atoms with van der Waals surface area (Å²) < 4.78 is 4.91. The molecule has 26 aromatic rings. The Balaban J connectivity index is 0.000000137. The Bertz CT molecular complexity index is 8220. The lowest BCUT2D eigenvalue weighted by molar-refractivity contribution is 1.08. The van der Waals surface area contributed by atoms with Crippen molar-refractivity contribution >= 4 is 151 Å². The number of para-hydroxylation sites is 4. The van der Waals surface area contributed by atoms with Gasteiger partial charge in [0, 0.05) is 87.8 Å². The second-order valence-electron chi connectivity index (χ2n) is 32.7. The van der Waals surface area contributed by atoms with E-state index in [9.17, 15) is 0 Å². The predicted octanol–water partition coefficient (Wildman–Crippen LogP) is 31.4. The van der Waals surface area contributed by atoms with Gasteiger partial charge in [0.2, 0.25) is 0 Å². The molecule has 4 aromatic heterocycles. The van der Waals surface area contributed by atoms with E-state index < -0.39 is 0 Å². The van der Waals surface area contributed by atoms with Crippen molar-refractivity contribution in [1.29, 1.82) is 0 Å². The van der Waals surface area contributed by atoms with E-state index in [1.807, 2.05) is 0 Å². The Labute approximate surface area is 725 Å². The van der Waals surface area contributed by atoms with Crippen LogP contribution in [-0.4, -0.2) is 34.1 Å². The highest BCUT2D eigenvalue weighted by molar-refractivity contribution is 6.40. The molecule has 0 bridgehead atoms. The average molecular weight is 1600 g/mol. The van der Waals surface area contributed by atoms with Gasteiger partial charge in [-0.3, -0.25) is 0 Å². The van der Waals surface area contributed by atoms with Crippen LogP contribution in [0, 0.1) is 0 Å². The van der Waals surface area contributed by atoms with Gasteiger partial charge in [0.1, 0.15) is 0 Å². The van der Waals surface area contributed by atoms with Gasteiger partial charge in [-0.2, -0.15) is 0 Å². The van der Waals surface area contributed by atoms with Gasteiger partial charge < -0.3 is 9.13 Å². The lowest BCUT2D eigenvalue weighted by atomic mass is 9.88. The van der Waals surface area contributed by atoms with E-state index in [1.54, 1.807) is 0 Å². The number of fused-ring (bicyclic) bond motifs is 24. The third-order valence-electron chi connectivity index (χ3n) is 25.8. The van der Waals surface area contributed by atoms with Gasteiger partial charge in [0.15, 0.2) is 23.3 Å². The van der Waals surface area contributed by atoms with Crippen LogP contribution in [-0.2, 0) is 0 Å². The molecule has 0 N–H and O–H groups in total. The van der Waals surface area contributed by atoms with Crippen LogP contribution in [0.4, 0.5) is 0 Å². The smallest absolute Gasteiger partial charge is 0.164 e. The van der Waals surface area contributed by atoms with Crippen molar-refractivity contribution in [3.63, 3.8) is 0 Å². The first-order valence-corrected chi connectivity index (χ1v) is 43.0. The van der Waals surface area contributed by atoms with Crippen LogP contribution in [0.3, 0.4) is 0 Å². The molecule has 126 heavy (non-hydrogen) atoms. The monoisotopic (exact) mass is 1600 g/mol. The molecule has 0 amide bonds. The van der Waals surface area contributed by atoms with Crippen molar-refractivity contribution in [1.82, 2.24) is 34.1 Å². The van der Waals surface area contributed by atoms with Crippen LogP contribution >= 0.6 is 0 Å². The lowest BCUT2D eigenvalue weighted by Crippen LogP contribution is -2.01. The second kappa shape index (κ2) is 29.5. The molecule has 0 aliphatic carbocycles. The number of aromatic nitrogens is 7. The highest BCUT2D eigenvalue weighted by atomic mass is 15.0. The van der Waals surface area contributed by atoms with Gasteiger partial charge in [-0.25, -0.2) is 24.9 Å². The minimum Gasteiger partial charge on any atom is -0.309 e. The van der Waals surface area contributed by atoms with E-state index in [-0.39, 0.29) is 0 Å². The normalized spacial score (nSPS) is 11.8. The van der Waals surface area contributed by atoms with Crippen LogP contribution in [0.15, 0.2) is 443 Å². The molecular formula is C119H73N7. The van der Waals surface area contributed by atoms with E-state index in [4.69, 9.17) is 24.9 Å². The zero-order chi connectivity index (χ0) is 82.9. The summed E-state index contributed by atoms with van der Waals surface area (Å²) in [6.07, 6.45) is 0. The second-order valence-corrected chi connectivity index (χ2v) is 32.7. The third kappa shape index (κ3) is 11.7. The fourth-order valence-electron chi connectivity index (χ4n) is 20.2. The molecule has 0 aliphatic heterocycles. The van der Waals surface area contributed by atoms with E-state index in [0.717, 1.165) is 88.8 Å². The van der Waals surface area contributed by atoms with Gasteiger partial charge in [-0.05, 0) is 163 Å². The Hall–Kier alpha value is -16.9. The first-order valence-electron chi connectivity index (χ1n) is 43.0. The first-order chi connectivity index (χ1) is 62.5. The number of hydrogen-bond donors (Lipinski definition) is 0. The first kappa shape index (κ1) is 72.0. The topological polar surface area (TPSA) is 74.3 Å². The van der Waals surface area contributed by atoms with E-state index in [1.165, 1.54) is 141 Å².